The Morgan fingerprint density at radius 3 is 2.38 bits per heavy atom. The molecule has 29 heavy (non-hydrogen) atoms. The maximum Gasteiger partial charge on any atom is 0.270 e. The fourth-order valence-electron chi connectivity index (χ4n) is 2.83. The molecule has 1 heterocycles. The van der Waals surface area contributed by atoms with Gasteiger partial charge in [-0.1, -0.05) is 17.7 Å². The quantitative estimate of drug-likeness (QED) is 0.266. The van der Waals surface area contributed by atoms with E-state index in [-0.39, 0.29) is 27.0 Å². The van der Waals surface area contributed by atoms with Crippen LogP contribution in [-0.4, -0.2) is 42.1 Å². The number of benzene rings is 2. The topological polar surface area (TPSA) is 103 Å². The summed E-state index contributed by atoms with van der Waals surface area (Å²) in [6.45, 7) is 1.84. The Labute approximate surface area is 167 Å². The average Bonchev–Trinajstić information content (AvgIpc) is 3.06. The fraction of sp³-hybridized carbons (Fsp3) is 0.150. The van der Waals surface area contributed by atoms with Gasteiger partial charge >= 0.3 is 0 Å². The number of hydrogen-bond donors (Lipinski definition) is 0. The molecule has 3 aromatic rings. The molecule has 0 aliphatic carbocycles. The molecule has 0 atom stereocenters. The molecule has 0 saturated heterocycles. The molecule has 0 unspecified atom stereocenters. The zero-order valence-electron chi connectivity index (χ0n) is 16.1. The minimum atomic E-state index is -4.00. The van der Waals surface area contributed by atoms with Crippen molar-refractivity contribution < 1.29 is 18.1 Å². The predicted octanol–water partition coefficient (Wildman–Crippen LogP) is 3.35. The van der Waals surface area contributed by atoms with Crippen LogP contribution in [0.4, 0.5) is 5.69 Å². The SMILES string of the molecule is Cc1ccc(S(=O)(=O)n2cc(C(=O)/C=C/N(C)C)c3cc([N+](=O)[O-])ccc32)cc1. The highest BCUT2D eigenvalue weighted by Crippen LogP contribution is 2.30. The van der Waals surface area contributed by atoms with E-state index in [0.29, 0.717) is 0 Å². The monoisotopic (exact) mass is 413 g/mol. The summed E-state index contributed by atoms with van der Waals surface area (Å²) in [5.74, 6) is -0.456. The lowest BCUT2D eigenvalue weighted by molar-refractivity contribution is -0.384. The summed E-state index contributed by atoms with van der Waals surface area (Å²) >= 11 is 0. The van der Waals surface area contributed by atoms with Crippen LogP contribution in [0.15, 0.2) is 65.8 Å². The normalized spacial score (nSPS) is 11.8. The average molecular weight is 413 g/mol. The van der Waals surface area contributed by atoms with Gasteiger partial charge < -0.3 is 4.90 Å². The molecule has 0 aliphatic heterocycles. The molecule has 0 radical (unpaired) electrons. The van der Waals surface area contributed by atoms with Crippen LogP contribution in [0.1, 0.15) is 15.9 Å². The number of nitro benzene ring substituents is 1. The summed E-state index contributed by atoms with van der Waals surface area (Å²) in [5.41, 5.74) is 0.936. The van der Waals surface area contributed by atoms with Crippen molar-refractivity contribution in [3.05, 3.63) is 82.2 Å². The van der Waals surface area contributed by atoms with Gasteiger partial charge in [-0.2, -0.15) is 0 Å². The van der Waals surface area contributed by atoms with Crippen molar-refractivity contribution in [3.8, 4) is 0 Å². The van der Waals surface area contributed by atoms with Crippen molar-refractivity contribution in [3.63, 3.8) is 0 Å². The van der Waals surface area contributed by atoms with Crippen LogP contribution in [0.3, 0.4) is 0 Å². The number of aromatic nitrogens is 1. The van der Waals surface area contributed by atoms with Crippen molar-refractivity contribution in [2.24, 2.45) is 0 Å². The maximum atomic E-state index is 13.2. The number of allylic oxidation sites excluding steroid dienone is 1. The smallest absolute Gasteiger partial charge is 0.270 e. The van der Waals surface area contributed by atoms with Gasteiger partial charge in [0, 0.05) is 55.7 Å². The molecular formula is C20H19N3O5S. The van der Waals surface area contributed by atoms with E-state index in [4.69, 9.17) is 0 Å². The van der Waals surface area contributed by atoms with E-state index in [9.17, 15) is 23.3 Å². The third-order valence-corrected chi connectivity index (χ3v) is 6.02. The van der Waals surface area contributed by atoms with Crippen molar-refractivity contribution in [2.75, 3.05) is 14.1 Å². The summed E-state index contributed by atoms with van der Waals surface area (Å²) in [6.07, 6.45) is 4.03. The number of rotatable bonds is 6. The van der Waals surface area contributed by atoms with Crippen molar-refractivity contribution >= 4 is 32.4 Å². The minimum absolute atomic E-state index is 0.0567. The molecular weight excluding hydrogens is 394 g/mol. The van der Waals surface area contributed by atoms with E-state index in [1.807, 2.05) is 6.92 Å². The second kappa shape index (κ2) is 7.51. The molecule has 8 nitrogen and oxygen atoms in total. The molecule has 1 aromatic heterocycles. The third kappa shape index (κ3) is 3.90. The van der Waals surface area contributed by atoms with Gasteiger partial charge in [-0.3, -0.25) is 14.9 Å². The summed E-state index contributed by atoms with van der Waals surface area (Å²) in [7, 11) is -0.528. The Hall–Kier alpha value is -3.46. The van der Waals surface area contributed by atoms with Gasteiger partial charge in [-0.05, 0) is 25.1 Å². The van der Waals surface area contributed by atoms with E-state index < -0.39 is 20.7 Å². The standard InChI is InChI=1S/C20H19N3O5S/c1-14-4-7-16(8-5-14)29(27,28)22-13-18(20(24)10-11-21(2)3)17-12-15(23(25)26)6-9-19(17)22/h4-13H,1-3H3/b11-10+. The van der Waals surface area contributed by atoms with E-state index in [1.54, 1.807) is 31.1 Å². The highest BCUT2D eigenvalue weighted by Gasteiger charge is 2.24. The van der Waals surface area contributed by atoms with Crippen LogP contribution in [0.5, 0.6) is 0 Å². The molecule has 0 spiro atoms. The zero-order valence-corrected chi connectivity index (χ0v) is 16.9. The number of fused-ring (bicyclic) bond motifs is 1. The largest absolute Gasteiger partial charge is 0.383 e. The van der Waals surface area contributed by atoms with Crippen LogP contribution in [0.2, 0.25) is 0 Å². The van der Waals surface area contributed by atoms with Crippen LogP contribution < -0.4 is 0 Å². The van der Waals surface area contributed by atoms with Crippen molar-refractivity contribution in [1.29, 1.82) is 0 Å². The molecule has 0 aliphatic rings. The number of carbonyl (C=O) groups is 1. The van der Waals surface area contributed by atoms with Gasteiger partial charge in [0.1, 0.15) is 0 Å². The molecule has 2 aromatic carbocycles. The number of nitrogens with zero attached hydrogens (tertiary/aromatic N) is 3. The molecule has 0 saturated carbocycles. The highest BCUT2D eigenvalue weighted by molar-refractivity contribution is 7.90. The second-order valence-corrected chi connectivity index (χ2v) is 8.57. The van der Waals surface area contributed by atoms with Gasteiger partial charge in [0.15, 0.2) is 5.78 Å². The molecule has 0 amide bonds. The zero-order chi connectivity index (χ0) is 21.3. The van der Waals surface area contributed by atoms with E-state index in [0.717, 1.165) is 9.54 Å². The maximum absolute atomic E-state index is 13.2. The lowest BCUT2D eigenvalue weighted by atomic mass is 10.1. The van der Waals surface area contributed by atoms with Gasteiger partial charge in [-0.25, -0.2) is 12.4 Å². The molecule has 9 heteroatoms. The van der Waals surface area contributed by atoms with Gasteiger partial charge in [-0.15, -0.1) is 0 Å². The van der Waals surface area contributed by atoms with E-state index >= 15 is 0 Å². The molecule has 0 bridgehead atoms. The molecule has 150 valence electrons. The van der Waals surface area contributed by atoms with Crippen LogP contribution in [0, 0.1) is 17.0 Å². The number of hydrogen-bond acceptors (Lipinski definition) is 6. The number of aryl methyl sites for hydroxylation is 1. The summed E-state index contributed by atoms with van der Waals surface area (Å²) < 4.78 is 27.3. The number of nitro groups is 1. The Kier molecular flexibility index (Phi) is 5.25. The number of carbonyl (C=O) groups excluding carboxylic acids is 1. The lowest BCUT2D eigenvalue weighted by Crippen LogP contribution is -2.12. The Morgan fingerprint density at radius 1 is 1.14 bits per heavy atom. The fourth-order valence-corrected chi connectivity index (χ4v) is 4.20. The van der Waals surface area contributed by atoms with Crippen molar-refractivity contribution in [1.82, 2.24) is 8.87 Å². The van der Waals surface area contributed by atoms with Crippen LogP contribution in [-0.2, 0) is 10.0 Å². The first-order chi connectivity index (χ1) is 13.6. The first kappa shape index (κ1) is 20.3. The molecule has 0 N–H and O–H groups in total. The van der Waals surface area contributed by atoms with E-state index in [1.165, 1.54) is 48.8 Å². The van der Waals surface area contributed by atoms with Gasteiger partial charge in [0.05, 0.1) is 15.3 Å². The van der Waals surface area contributed by atoms with Crippen LogP contribution >= 0.6 is 0 Å². The van der Waals surface area contributed by atoms with Gasteiger partial charge in [0.2, 0.25) is 0 Å². The molecule has 3 rings (SSSR count). The highest BCUT2D eigenvalue weighted by atomic mass is 32.2. The minimum Gasteiger partial charge on any atom is -0.383 e. The van der Waals surface area contributed by atoms with Crippen molar-refractivity contribution in [2.45, 2.75) is 11.8 Å². The first-order valence-corrected chi connectivity index (χ1v) is 10.1. The Balaban J connectivity index is 2.26. The second-order valence-electron chi connectivity index (χ2n) is 6.76. The molecule has 0 fully saturated rings. The third-order valence-electron chi connectivity index (χ3n) is 4.33. The Bertz CT molecular complexity index is 1240. The summed E-state index contributed by atoms with van der Waals surface area (Å²) in [5, 5.41) is 11.4. The summed E-state index contributed by atoms with van der Waals surface area (Å²) in [6, 6.07) is 10.1. The van der Waals surface area contributed by atoms with E-state index in [2.05, 4.69) is 0 Å². The first-order valence-electron chi connectivity index (χ1n) is 8.62. The Morgan fingerprint density at radius 2 is 1.79 bits per heavy atom. The van der Waals surface area contributed by atoms with Gasteiger partial charge in [0.25, 0.3) is 15.7 Å². The van der Waals surface area contributed by atoms with Crippen LogP contribution in [0.25, 0.3) is 10.9 Å². The lowest BCUT2D eigenvalue weighted by Gasteiger charge is -2.07. The number of non-ortho nitro benzene ring substituents is 1. The number of ketones is 1. The predicted molar refractivity (Wildman–Crippen MR) is 110 cm³/mol. The summed E-state index contributed by atoms with van der Waals surface area (Å²) in [4.78, 5) is 25.0.